The molecule has 0 spiro atoms. The average Bonchev–Trinajstić information content (AvgIpc) is 2.71. The molecule has 0 unspecified atom stereocenters. The fourth-order valence-corrected chi connectivity index (χ4v) is 3.91. The lowest BCUT2D eigenvalue weighted by molar-refractivity contribution is -0.132. The summed E-state index contributed by atoms with van der Waals surface area (Å²) >= 11 is 0. The zero-order valence-electron chi connectivity index (χ0n) is 10.7. The van der Waals surface area contributed by atoms with E-state index in [1.54, 1.807) is 25.4 Å². The van der Waals surface area contributed by atoms with Crippen molar-refractivity contribution in [3.05, 3.63) is 34.7 Å². The monoisotopic (exact) mass is 284 g/mol. The molecule has 1 aliphatic rings. The number of sulfone groups is 1. The van der Waals surface area contributed by atoms with Crippen molar-refractivity contribution >= 4 is 15.7 Å². The van der Waals surface area contributed by atoms with Crippen molar-refractivity contribution in [1.29, 1.82) is 0 Å². The van der Waals surface area contributed by atoms with Gasteiger partial charge in [0.15, 0.2) is 9.84 Å². The first-order valence-corrected chi connectivity index (χ1v) is 7.83. The zero-order valence-corrected chi connectivity index (χ0v) is 11.5. The summed E-state index contributed by atoms with van der Waals surface area (Å²) in [7, 11) is -1.43. The first-order valence-electron chi connectivity index (χ1n) is 6.00. The Kier molecular flexibility index (Phi) is 3.75. The van der Waals surface area contributed by atoms with E-state index in [9.17, 15) is 18.0 Å². The van der Waals surface area contributed by atoms with E-state index in [0.29, 0.717) is 6.42 Å². The lowest BCUT2D eigenvalue weighted by atomic mass is 10.2. The van der Waals surface area contributed by atoms with Crippen LogP contribution in [0.1, 0.15) is 6.42 Å². The third-order valence-corrected chi connectivity index (χ3v) is 5.10. The van der Waals surface area contributed by atoms with Crippen LogP contribution >= 0.6 is 0 Å². The molecular weight excluding hydrogens is 268 g/mol. The molecule has 1 saturated heterocycles. The lowest BCUT2D eigenvalue weighted by Crippen LogP contribution is -2.41. The van der Waals surface area contributed by atoms with E-state index in [4.69, 9.17) is 0 Å². The van der Waals surface area contributed by atoms with Gasteiger partial charge >= 0.3 is 0 Å². The fourth-order valence-electron chi connectivity index (χ4n) is 2.13. The van der Waals surface area contributed by atoms with Crippen LogP contribution < -0.4 is 5.56 Å². The van der Waals surface area contributed by atoms with Gasteiger partial charge in [0.1, 0.15) is 6.54 Å². The van der Waals surface area contributed by atoms with E-state index >= 15 is 0 Å². The second kappa shape index (κ2) is 5.16. The standard InChI is InChI=1S/C12H16N2O4S/c1-13(10-5-7-19(17,18)9-10)12(16)8-14-6-3-2-4-11(14)15/h2-4,6,10H,5,7-9H2,1H3/t10-/m0/s1. The number of carbonyl (C=O) groups is 1. The minimum Gasteiger partial charge on any atom is -0.340 e. The van der Waals surface area contributed by atoms with Gasteiger partial charge < -0.3 is 9.47 Å². The van der Waals surface area contributed by atoms with Crippen molar-refractivity contribution in [1.82, 2.24) is 9.47 Å². The molecular formula is C12H16N2O4S. The largest absolute Gasteiger partial charge is 0.340 e. The van der Waals surface area contributed by atoms with Crippen molar-refractivity contribution in [2.75, 3.05) is 18.6 Å². The Morgan fingerprint density at radius 1 is 1.47 bits per heavy atom. The molecule has 6 nitrogen and oxygen atoms in total. The predicted molar refractivity (Wildman–Crippen MR) is 70.5 cm³/mol. The molecule has 2 heterocycles. The summed E-state index contributed by atoms with van der Waals surface area (Å²) in [6.07, 6.45) is 2.01. The summed E-state index contributed by atoms with van der Waals surface area (Å²) in [5, 5.41) is 0. The highest BCUT2D eigenvalue weighted by Gasteiger charge is 2.32. The third kappa shape index (κ3) is 3.23. The van der Waals surface area contributed by atoms with Gasteiger partial charge in [-0.1, -0.05) is 6.07 Å². The summed E-state index contributed by atoms with van der Waals surface area (Å²) in [6.45, 7) is -0.0628. The van der Waals surface area contributed by atoms with Crippen molar-refractivity contribution in [2.24, 2.45) is 0 Å². The van der Waals surface area contributed by atoms with E-state index in [1.165, 1.54) is 15.5 Å². The van der Waals surface area contributed by atoms with Crippen LogP contribution in [-0.4, -0.2) is 48.4 Å². The van der Waals surface area contributed by atoms with Crippen LogP contribution in [0.15, 0.2) is 29.2 Å². The van der Waals surface area contributed by atoms with Gasteiger partial charge in [-0.25, -0.2) is 8.42 Å². The van der Waals surface area contributed by atoms with Crippen molar-refractivity contribution in [2.45, 2.75) is 19.0 Å². The first-order chi connectivity index (χ1) is 8.89. The Hall–Kier alpha value is -1.63. The van der Waals surface area contributed by atoms with Crippen molar-refractivity contribution in [3.8, 4) is 0 Å². The number of carbonyl (C=O) groups excluding carboxylic acids is 1. The van der Waals surface area contributed by atoms with Crippen LogP contribution in [0, 0.1) is 0 Å². The number of aromatic nitrogens is 1. The average molecular weight is 284 g/mol. The van der Waals surface area contributed by atoms with Crippen LogP contribution in [-0.2, 0) is 21.2 Å². The van der Waals surface area contributed by atoms with Gasteiger partial charge in [-0.2, -0.15) is 0 Å². The highest BCUT2D eigenvalue weighted by Crippen LogP contribution is 2.16. The van der Waals surface area contributed by atoms with E-state index < -0.39 is 9.84 Å². The maximum absolute atomic E-state index is 12.0. The molecule has 104 valence electrons. The van der Waals surface area contributed by atoms with E-state index in [2.05, 4.69) is 0 Å². The van der Waals surface area contributed by atoms with Crippen molar-refractivity contribution < 1.29 is 13.2 Å². The summed E-state index contributed by atoms with van der Waals surface area (Å²) in [5.74, 6) is -0.116. The quantitative estimate of drug-likeness (QED) is 0.749. The maximum atomic E-state index is 12.0. The smallest absolute Gasteiger partial charge is 0.250 e. The molecule has 1 fully saturated rings. The second-order valence-corrected chi connectivity index (χ2v) is 6.96. The Morgan fingerprint density at radius 2 is 2.21 bits per heavy atom. The normalized spacial score (nSPS) is 21.2. The van der Waals surface area contributed by atoms with E-state index in [0.717, 1.165) is 0 Å². The molecule has 7 heteroatoms. The van der Waals surface area contributed by atoms with Gasteiger partial charge in [0.2, 0.25) is 5.91 Å². The van der Waals surface area contributed by atoms with Gasteiger partial charge in [-0.3, -0.25) is 9.59 Å². The molecule has 1 aromatic heterocycles. The summed E-state index contributed by atoms with van der Waals surface area (Å²) < 4.78 is 24.1. The van der Waals surface area contributed by atoms with Crippen LogP contribution in [0.4, 0.5) is 0 Å². The number of nitrogens with zero attached hydrogens (tertiary/aromatic N) is 2. The number of hydrogen-bond donors (Lipinski definition) is 0. The highest BCUT2D eigenvalue weighted by molar-refractivity contribution is 7.91. The highest BCUT2D eigenvalue weighted by atomic mass is 32.2. The molecule has 1 aliphatic heterocycles. The molecule has 1 atom stereocenters. The lowest BCUT2D eigenvalue weighted by Gasteiger charge is -2.23. The summed E-state index contributed by atoms with van der Waals surface area (Å²) in [4.78, 5) is 25.0. The SMILES string of the molecule is CN(C(=O)Cn1ccccc1=O)[C@H]1CCS(=O)(=O)C1. The summed E-state index contributed by atoms with van der Waals surface area (Å²) in [5.41, 5.74) is -0.247. The summed E-state index contributed by atoms with van der Waals surface area (Å²) in [6, 6.07) is 4.38. The molecule has 0 N–H and O–H groups in total. The Labute approximate surface area is 111 Å². The maximum Gasteiger partial charge on any atom is 0.250 e. The number of pyridine rings is 1. The third-order valence-electron chi connectivity index (χ3n) is 3.35. The minimum absolute atomic E-state index is 0.0128. The number of likely N-dealkylation sites (N-methyl/N-ethyl adjacent to an activating group) is 1. The number of hydrogen-bond acceptors (Lipinski definition) is 4. The topological polar surface area (TPSA) is 76.5 Å². The van der Waals surface area contributed by atoms with E-state index in [1.807, 2.05) is 0 Å². The molecule has 0 bridgehead atoms. The molecule has 0 saturated carbocycles. The minimum atomic E-state index is -3.02. The predicted octanol–water partition coefficient (Wildman–Crippen LogP) is -0.506. The molecule has 0 aliphatic carbocycles. The van der Waals surface area contributed by atoms with Crippen LogP contribution in [0.3, 0.4) is 0 Å². The molecule has 1 amide bonds. The second-order valence-electron chi connectivity index (χ2n) is 4.73. The van der Waals surface area contributed by atoms with Gasteiger partial charge in [0, 0.05) is 25.4 Å². The Morgan fingerprint density at radius 3 is 2.79 bits per heavy atom. The molecule has 1 aromatic rings. The Balaban J connectivity index is 2.05. The van der Waals surface area contributed by atoms with Gasteiger partial charge in [0.05, 0.1) is 11.5 Å². The fraction of sp³-hybridized carbons (Fsp3) is 0.500. The molecule has 2 rings (SSSR count). The van der Waals surface area contributed by atoms with Crippen LogP contribution in [0.5, 0.6) is 0 Å². The zero-order chi connectivity index (χ0) is 14.0. The number of amides is 1. The van der Waals surface area contributed by atoms with Crippen molar-refractivity contribution in [3.63, 3.8) is 0 Å². The Bertz CT molecular complexity index is 635. The molecule has 0 aromatic carbocycles. The van der Waals surface area contributed by atoms with Crippen LogP contribution in [0.25, 0.3) is 0 Å². The molecule has 19 heavy (non-hydrogen) atoms. The first kappa shape index (κ1) is 13.8. The van der Waals surface area contributed by atoms with Gasteiger partial charge in [-0.05, 0) is 12.5 Å². The van der Waals surface area contributed by atoms with Gasteiger partial charge in [0.25, 0.3) is 5.56 Å². The van der Waals surface area contributed by atoms with E-state index in [-0.39, 0.29) is 35.6 Å². The van der Waals surface area contributed by atoms with Gasteiger partial charge in [-0.15, -0.1) is 0 Å². The van der Waals surface area contributed by atoms with Crippen LogP contribution in [0.2, 0.25) is 0 Å². The molecule has 0 radical (unpaired) electrons. The number of rotatable bonds is 3.